The van der Waals surface area contributed by atoms with Gasteiger partial charge < -0.3 is 0 Å². The fourth-order valence-corrected chi connectivity index (χ4v) is 5.35. The smallest absolute Gasteiger partial charge is 0.190 e. The Hall–Kier alpha value is -0.990. The summed E-state index contributed by atoms with van der Waals surface area (Å²) in [7, 11) is -3.55. The van der Waals surface area contributed by atoms with Gasteiger partial charge in [-0.15, -0.1) is 0 Å². The monoisotopic (exact) mass is 432 g/mol. The Balaban J connectivity index is 2.15. The molecule has 0 fully saturated rings. The van der Waals surface area contributed by atoms with Crippen molar-refractivity contribution in [1.29, 1.82) is 0 Å². The Morgan fingerprint density at radius 2 is 1.86 bits per heavy atom. The Labute approximate surface area is 141 Å². The first kappa shape index (κ1) is 14.9. The summed E-state index contributed by atoms with van der Waals surface area (Å²) in [6.07, 6.45) is 2.96. The molecule has 0 bridgehead atoms. The molecule has 1 aliphatic carbocycles. The maximum atomic E-state index is 12.8. The molecule has 2 aromatic rings. The minimum atomic E-state index is -3.55. The van der Waals surface area contributed by atoms with Crippen molar-refractivity contribution in [3.05, 3.63) is 58.6 Å². The van der Waals surface area contributed by atoms with Crippen molar-refractivity contribution < 1.29 is 8.42 Å². The van der Waals surface area contributed by atoms with Crippen LogP contribution in [0, 0.1) is 6.92 Å². The third-order valence-electron chi connectivity index (χ3n) is 3.32. The van der Waals surface area contributed by atoms with Crippen LogP contribution in [-0.4, -0.2) is 18.4 Å². The van der Waals surface area contributed by atoms with Gasteiger partial charge in [-0.1, -0.05) is 29.3 Å². The van der Waals surface area contributed by atoms with E-state index in [0.717, 1.165) is 9.14 Å². The molecule has 0 saturated carbocycles. The Morgan fingerprint density at radius 3 is 2.52 bits per heavy atom. The summed E-state index contributed by atoms with van der Waals surface area (Å²) in [4.78, 5) is 8.32. The molecule has 3 rings (SSSR count). The van der Waals surface area contributed by atoms with Crippen LogP contribution < -0.4 is 0 Å². The van der Waals surface area contributed by atoms with Gasteiger partial charge in [-0.2, -0.15) is 0 Å². The number of sulfone groups is 1. The van der Waals surface area contributed by atoms with Crippen molar-refractivity contribution in [2.75, 3.05) is 0 Å². The lowest BCUT2D eigenvalue weighted by atomic mass is 10.2. The molecule has 108 valence electrons. The molecular formula is C14H10ClIN2O2S. The van der Waals surface area contributed by atoms with Gasteiger partial charge in [0.2, 0.25) is 0 Å². The highest BCUT2D eigenvalue weighted by Gasteiger charge is 2.36. The van der Waals surface area contributed by atoms with Crippen LogP contribution in [-0.2, 0) is 9.84 Å². The predicted molar refractivity (Wildman–Crippen MR) is 90.1 cm³/mol. The highest BCUT2D eigenvalue weighted by molar-refractivity contribution is 14.1. The second-order valence-electron chi connectivity index (χ2n) is 4.72. The van der Waals surface area contributed by atoms with Crippen molar-refractivity contribution >= 4 is 47.6 Å². The lowest BCUT2D eigenvalue weighted by molar-refractivity contribution is 0.590. The van der Waals surface area contributed by atoms with Gasteiger partial charge in [-0.3, -0.25) is 0 Å². The maximum Gasteiger partial charge on any atom is 0.190 e. The molecule has 0 saturated heterocycles. The largest absolute Gasteiger partial charge is 0.239 e. The standard InChI is InChI=1S/C14H10ClIN2O2S/c1-8-2-4-9(5-3-8)21(19,20)11-6-10(16)12-13(11)17-7-18-14(12)15/h2-7,11H,1H3. The van der Waals surface area contributed by atoms with Crippen molar-refractivity contribution in [2.24, 2.45) is 0 Å². The van der Waals surface area contributed by atoms with Crippen molar-refractivity contribution in [1.82, 2.24) is 9.97 Å². The van der Waals surface area contributed by atoms with Crippen LogP contribution in [0.2, 0.25) is 5.15 Å². The Bertz CT molecular complexity index is 848. The maximum absolute atomic E-state index is 12.8. The lowest BCUT2D eigenvalue weighted by Gasteiger charge is -2.11. The SMILES string of the molecule is Cc1ccc(S(=O)(=O)C2C=C(I)c3c(Cl)ncnc32)cc1. The Morgan fingerprint density at radius 1 is 1.19 bits per heavy atom. The fourth-order valence-electron chi connectivity index (χ4n) is 2.22. The van der Waals surface area contributed by atoms with Gasteiger partial charge in [-0.25, -0.2) is 18.4 Å². The normalized spacial score (nSPS) is 17.5. The molecule has 7 heteroatoms. The zero-order valence-electron chi connectivity index (χ0n) is 10.9. The van der Waals surface area contributed by atoms with Gasteiger partial charge in [0.1, 0.15) is 16.7 Å². The van der Waals surface area contributed by atoms with Crippen LogP contribution in [0.5, 0.6) is 0 Å². The summed E-state index contributed by atoms with van der Waals surface area (Å²) in [5, 5.41) is -0.537. The van der Waals surface area contributed by atoms with E-state index in [4.69, 9.17) is 11.6 Å². The molecule has 1 aromatic heterocycles. The predicted octanol–water partition coefficient (Wildman–Crippen LogP) is 3.74. The summed E-state index contributed by atoms with van der Waals surface area (Å²) < 4.78 is 26.4. The Kier molecular flexibility index (Phi) is 3.79. The summed E-state index contributed by atoms with van der Waals surface area (Å²) in [5.41, 5.74) is 2.07. The van der Waals surface area contributed by atoms with Crippen molar-refractivity contribution in [2.45, 2.75) is 17.1 Å². The van der Waals surface area contributed by atoms with Gasteiger partial charge in [0.05, 0.1) is 10.6 Å². The minimum absolute atomic E-state index is 0.279. The lowest BCUT2D eigenvalue weighted by Crippen LogP contribution is -2.12. The second kappa shape index (κ2) is 5.33. The third-order valence-corrected chi connectivity index (χ3v) is 6.46. The van der Waals surface area contributed by atoms with Gasteiger partial charge in [-0.05, 0) is 47.7 Å². The molecule has 0 amide bonds. The van der Waals surface area contributed by atoms with E-state index in [1.807, 2.05) is 6.92 Å². The molecule has 21 heavy (non-hydrogen) atoms. The van der Waals surface area contributed by atoms with E-state index in [0.29, 0.717) is 11.3 Å². The van der Waals surface area contributed by atoms with E-state index in [1.165, 1.54) is 6.33 Å². The molecule has 0 spiro atoms. The number of rotatable bonds is 2. The zero-order valence-corrected chi connectivity index (χ0v) is 14.6. The zero-order chi connectivity index (χ0) is 15.2. The molecular weight excluding hydrogens is 423 g/mol. The number of fused-ring (bicyclic) bond motifs is 1. The average Bonchev–Trinajstić information content (AvgIpc) is 2.79. The third kappa shape index (κ3) is 2.49. The fraction of sp³-hybridized carbons (Fsp3) is 0.143. The minimum Gasteiger partial charge on any atom is -0.239 e. The first-order valence-electron chi connectivity index (χ1n) is 6.10. The van der Waals surface area contributed by atoms with E-state index in [9.17, 15) is 8.42 Å². The summed E-state index contributed by atoms with van der Waals surface area (Å²) in [6.45, 7) is 1.91. The topological polar surface area (TPSA) is 59.9 Å². The van der Waals surface area contributed by atoms with Gasteiger partial charge in [0.15, 0.2) is 9.84 Å². The number of nitrogens with zero attached hydrogens (tertiary/aromatic N) is 2. The highest BCUT2D eigenvalue weighted by atomic mass is 127. The molecule has 0 aliphatic heterocycles. The van der Waals surface area contributed by atoms with Crippen LogP contribution in [0.4, 0.5) is 0 Å². The molecule has 1 unspecified atom stereocenters. The van der Waals surface area contributed by atoms with E-state index >= 15 is 0 Å². The van der Waals surface area contributed by atoms with Crippen LogP contribution in [0.25, 0.3) is 3.58 Å². The number of halogens is 2. The number of benzene rings is 1. The van der Waals surface area contributed by atoms with Gasteiger partial charge in [0, 0.05) is 9.14 Å². The molecule has 1 heterocycles. The van der Waals surface area contributed by atoms with E-state index in [1.54, 1.807) is 30.3 Å². The highest BCUT2D eigenvalue weighted by Crippen LogP contribution is 2.45. The molecule has 0 radical (unpaired) electrons. The summed E-state index contributed by atoms with van der Waals surface area (Å²) >= 11 is 8.12. The molecule has 1 atom stereocenters. The summed E-state index contributed by atoms with van der Waals surface area (Å²) in [6, 6.07) is 6.80. The van der Waals surface area contributed by atoms with Crippen LogP contribution in [0.15, 0.2) is 41.6 Å². The molecule has 4 nitrogen and oxygen atoms in total. The first-order valence-corrected chi connectivity index (χ1v) is 9.10. The molecule has 1 aromatic carbocycles. The second-order valence-corrected chi connectivity index (χ2v) is 8.31. The van der Waals surface area contributed by atoms with Crippen molar-refractivity contribution in [3.63, 3.8) is 0 Å². The molecule has 0 N–H and O–H groups in total. The van der Waals surface area contributed by atoms with Crippen LogP contribution in [0.1, 0.15) is 22.1 Å². The first-order chi connectivity index (χ1) is 9.91. The summed E-state index contributed by atoms with van der Waals surface area (Å²) in [5.74, 6) is 0. The van der Waals surface area contributed by atoms with Gasteiger partial charge in [0.25, 0.3) is 0 Å². The number of aryl methyl sites for hydroxylation is 1. The quantitative estimate of drug-likeness (QED) is 0.536. The van der Waals surface area contributed by atoms with Gasteiger partial charge >= 0.3 is 0 Å². The van der Waals surface area contributed by atoms with Crippen LogP contribution >= 0.6 is 34.2 Å². The number of hydrogen-bond acceptors (Lipinski definition) is 4. The molecule has 1 aliphatic rings. The van der Waals surface area contributed by atoms with Crippen LogP contribution in [0.3, 0.4) is 0 Å². The number of aromatic nitrogens is 2. The average molecular weight is 433 g/mol. The number of hydrogen-bond donors (Lipinski definition) is 0. The van der Waals surface area contributed by atoms with E-state index in [2.05, 4.69) is 32.6 Å². The van der Waals surface area contributed by atoms with Crippen molar-refractivity contribution in [3.8, 4) is 0 Å². The van der Waals surface area contributed by atoms with E-state index < -0.39 is 15.1 Å². The van der Waals surface area contributed by atoms with E-state index in [-0.39, 0.29) is 10.0 Å².